The van der Waals surface area contributed by atoms with E-state index in [9.17, 15) is 4.79 Å². The van der Waals surface area contributed by atoms with Crippen LogP contribution >= 0.6 is 0 Å². The lowest BCUT2D eigenvalue weighted by molar-refractivity contribution is 0.0527. The van der Waals surface area contributed by atoms with Gasteiger partial charge in [-0.25, -0.2) is 4.79 Å². The van der Waals surface area contributed by atoms with Gasteiger partial charge in [-0.2, -0.15) is 0 Å². The van der Waals surface area contributed by atoms with Gasteiger partial charge in [-0.3, -0.25) is 4.90 Å². The summed E-state index contributed by atoms with van der Waals surface area (Å²) in [7, 11) is 0. The second-order valence-corrected chi connectivity index (χ2v) is 5.58. The van der Waals surface area contributed by atoms with Crippen molar-refractivity contribution in [3.63, 3.8) is 0 Å². The first-order chi connectivity index (χ1) is 10.0. The highest BCUT2D eigenvalue weighted by molar-refractivity contribution is 5.98. The molecule has 0 aromatic heterocycles. The summed E-state index contributed by atoms with van der Waals surface area (Å²) in [6, 6.07) is 6.13. The molecule has 1 aliphatic rings. The number of rotatable bonds is 4. The first-order valence-electron chi connectivity index (χ1n) is 7.59. The fourth-order valence-corrected chi connectivity index (χ4v) is 2.69. The van der Waals surface area contributed by atoms with Crippen LogP contribution in [-0.2, 0) is 4.74 Å². The largest absolute Gasteiger partial charge is 0.462 e. The molecule has 1 aromatic rings. The topological polar surface area (TPSA) is 58.8 Å². The molecule has 0 saturated carbocycles. The normalized spacial score (nSPS) is 16.3. The zero-order chi connectivity index (χ0) is 15.4. The number of carbonyl (C=O) groups is 1. The van der Waals surface area contributed by atoms with Crippen molar-refractivity contribution in [2.75, 3.05) is 43.4 Å². The molecule has 1 fully saturated rings. The maximum absolute atomic E-state index is 11.9. The molecule has 2 rings (SSSR count). The minimum absolute atomic E-state index is 0.349. The van der Waals surface area contributed by atoms with Crippen LogP contribution in [0.5, 0.6) is 0 Å². The van der Waals surface area contributed by atoms with Gasteiger partial charge in [-0.15, -0.1) is 0 Å². The summed E-state index contributed by atoms with van der Waals surface area (Å²) < 4.78 is 5.05. The van der Waals surface area contributed by atoms with Crippen molar-refractivity contribution in [3.05, 3.63) is 23.8 Å². The molecule has 0 amide bonds. The Morgan fingerprint density at radius 1 is 1.29 bits per heavy atom. The smallest absolute Gasteiger partial charge is 0.340 e. The summed E-state index contributed by atoms with van der Waals surface area (Å²) in [5.41, 5.74) is 8.10. The number of para-hydroxylation sites is 1. The minimum Gasteiger partial charge on any atom is -0.462 e. The van der Waals surface area contributed by atoms with Crippen LogP contribution in [0.15, 0.2) is 18.2 Å². The summed E-state index contributed by atoms with van der Waals surface area (Å²) in [6.45, 7) is 10.5. The molecule has 1 saturated heterocycles. The van der Waals surface area contributed by atoms with Crippen molar-refractivity contribution < 1.29 is 9.53 Å². The summed E-state index contributed by atoms with van der Waals surface area (Å²) in [5.74, 6) is -0.349. The highest BCUT2D eigenvalue weighted by atomic mass is 16.5. The van der Waals surface area contributed by atoms with Gasteiger partial charge in [0, 0.05) is 32.2 Å². The van der Waals surface area contributed by atoms with Crippen molar-refractivity contribution >= 4 is 17.3 Å². The fourth-order valence-electron chi connectivity index (χ4n) is 2.69. The van der Waals surface area contributed by atoms with Gasteiger partial charge < -0.3 is 15.4 Å². The van der Waals surface area contributed by atoms with Crippen LogP contribution in [0.3, 0.4) is 0 Å². The maximum Gasteiger partial charge on any atom is 0.340 e. The van der Waals surface area contributed by atoms with Crippen molar-refractivity contribution in [1.82, 2.24) is 4.90 Å². The van der Waals surface area contributed by atoms with Gasteiger partial charge in [0.2, 0.25) is 0 Å². The lowest BCUT2D eigenvalue weighted by Crippen LogP contribution is -2.49. The lowest BCUT2D eigenvalue weighted by atomic mass is 10.1. The number of anilines is 2. The van der Waals surface area contributed by atoms with Gasteiger partial charge in [0.25, 0.3) is 0 Å². The predicted octanol–water partition coefficient (Wildman–Crippen LogP) is 1.98. The first kappa shape index (κ1) is 15.6. The Labute approximate surface area is 126 Å². The van der Waals surface area contributed by atoms with Crippen LogP contribution in [0.4, 0.5) is 11.4 Å². The average molecular weight is 291 g/mol. The molecule has 0 atom stereocenters. The second kappa shape index (κ2) is 6.80. The Kier molecular flexibility index (Phi) is 5.07. The van der Waals surface area contributed by atoms with Gasteiger partial charge >= 0.3 is 5.97 Å². The Morgan fingerprint density at radius 2 is 1.95 bits per heavy atom. The highest BCUT2D eigenvalue weighted by Crippen LogP contribution is 2.28. The van der Waals surface area contributed by atoms with E-state index in [0.717, 1.165) is 31.9 Å². The van der Waals surface area contributed by atoms with E-state index in [2.05, 4.69) is 23.6 Å². The summed E-state index contributed by atoms with van der Waals surface area (Å²) in [6.07, 6.45) is 0. The van der Waals surface area contributed by atoms with Gasteiger partial charge in [-0.1, -0.05) is 6.07 Å². The van der Waals surface area contributed by atoms with Crippen LogP contribution in [-0.4, -0.2) is 49.7 Å². The molecule has 116 valence electrons. The molecule has 1 heterocycles. The summed E-state index contributed by atoms with van der Waals surface area (Å²) in [4.78, 5) is 16.6. The van der Waals surface area contributed by atoms with Gasteiger partial charge in [-0.05, 0) is 32.9 Å². The van der Waals surface area contributed by atoms with Gasteiger partial charge in [0.15, 0.2) is 0 Å². The minimum atomic E-state index is -0.349. The molecule has 1 aromatic carbocycles. The van der Waals surface area contributed by atoms with E-state index in [1.54, 1.807) is 13.0 Å². The number of carbonyl (C=O) groups excluding carboxylic acids is 1. The maximum atomic E-state index is 11.9. The number of ether oxygens (including phenoxy) is 1. The van der Waals surface area contributed by atoms with Gasteiger partial charge in [0.05, 0.1) is 23.5 Å². The van der Waals surface area contributed by atoms with Crippen LogP contribution < -0.4 is 10.6 Å². The number of hydrogen-bond acceptors (Lipinski definition) is 5. The zero-order valence-corrected chi connectivity index (χ0v) is 13.1. The highest BCUT2D eigenvalue weighted by Gasteiger charge is 2.22. The van der Waals surface area contributed by atoms with E-state index >= 15 is 0 Å². The van der Waals surface area contributed by atoms with Crippen LogP contribution in [0, 0.1) is 0 Å². The first-order valence-corrected chi connectivity index (χ1v) is 7.59. The molecule has 2 N–H and O–H groups in total. The number of nitrogen functional groups attached to an aromatic ring is 1. The molecular formula is C16H25N3O2. The standard InChI is InChI=1S/C16H25N3O2/c1-4-21-16(20)13-6-5-7-14(15(13)17)19-10-8-18(9-11-19)12(2)3/h5-7,12H,4,8-11,17H2,1-3H3. The third-order valence-corrected chi connectivity index (χ3v) is 3.96. The Morgan fingerprint density at radius 3 is 2.52 bits per heavy atom. The third-order valence-electron chi connectivity index (χ3n) is 3.96. The lowest BCUT2D eigenvalue weighted by Gasteiger charge is -2.38. The molecule has 0 bridgehead atoms. The number of nitrogens with two attached hydrogens (primary N) is 1. The monoisotopic (exact) mass is 291 g/mol. The number of benzene rings is 1. The van der Waals surface area contributed by atoms with E-state index in [-0.39, 0.29) is 5.97 Å². The zero-order valence-electron chi connectivity index (χ0n) is 13.1. The Balaban J connectivity index is 2.14. The predicted molar refractivity (Wildman–Crippen MR) is 85.7 cm³/mol. The third kappa shape index (κ3) is 3.47. The number of esters is 1. The molecule has 0 spiro atoms. The molecular weight excluding hydrogens is 266 g/mol. The van der Waals surface area contributed by atoms with Crippen LogP contribution in [0.25, 0.3) is 0 Å². The van der Waals surface area contributed by atoms with Gasteiger partial charge in [0.1, 0.15) is 0 Å². The quantitative estimate of drug-likeness (QED) is 0.679. The molecule has 0 unspecified atom stereocenters. The fraction of sp³-hybridized carbons (Fsp3) is 0.562. The summed E-state index contributed by atoms with van der Waals surface area (Å²) in [5, 5.41) is 0. The van der Waals surface area contributed by atoms with Crippen molar-refractivity contribution in [1.29, 1.82) is 0 Å². The molecule has 5 nitrogen and oxygen atoms in total. The number of piperazine rings is 1. The Bertz CT molecular complexity index is 494. The van der Waals surface area contributed by atoms with Crippen molar-refractivity contribution in [2.45, 2.75) is 26.8 Å². The van der Waals surface area contributed by atoms with E-state index in [4.69, 9.17) is 10.5 Å². The van der Waals surface area contributed by atoms with Crippen LogP contribution in [0.1, 0.15) is 31.1 Å². The number of nitrogens with zero attached hydrogens (tertiary/aromatic N) is 2. The molecule has 0 radical (unpaired) electrons. The van der Waals surface area contributed by atoms with Crippen molar-refractivity contribution in [3.8, 4) is 0 Å². The molecule has 1 aliphatic heterocycles. The van der Waals surface area contributed by atoms with E-state index in [1.165, 1.54) is 0 Å². The SMILES string of the molecule is CCOC(=O)c1cccc(N2CCN(C(C)C)CC2)c1N. The van der Waals surface area contributed by atoms with Crippen molar-refractivity contribution in [2.24, 2.45) is 0 Å². The van der Waals surface area contributed by atoms with Crippen LogP contribution in [0.2, 0.25) is 0 Å². The van der Waals surface area contributed by atoms with E-state index < -0.39 is 0 Å². The van der Waals surface area contributed by atoms with E-state index in [0.29, 0.717) is 23.9 Å². The Hall–Kier alpha value is -1.75. The second-order valence-electron chi connectivity index (χ2n) is 5.58. The molecule has 21 heavy (non-hydrogen) atoms. The number of hydrogen-bond donors (Lipinski definition) is 1. The molecule has 5 heteroatoms. The molecule has 0 aliphatic carbocycles. The summed E-state index contributed by atoms with van der Waals surface area (Å²) >= 11 is 0. The van der Waals surface area contributed by atoms with E-state index in [1.807, 2.05) is 12.1 Å². The average Bonchev–Trinajstić information content (AvgIpc) is 2.48.